The lowest BCUT2D eigenvalue weighted by Gasteiger charge is -2.30. The Balaban J connectivity index is 0.00000233. The number of carbonyl (C=O) groups excluding carboxylic acids is 1. The molecule has 2 aliphatic heterocycles. The van der Waals surface area contributed by atoms with Crippen LogP contribution in [0.25, 0.3) is 0 Å². The number of carbonyl (C=O) groups is 1. The molecule has 0 aromatic heterocycles. The van der Waals surface area contributed by atoms with Crippen LogP contribution < -0.4 is 5.32 Å². The second-order valence-corrected chi connectivity index (χ2v) is 9.56. The van der Waals surface area contributed by atoms with Crippen molar-refractivity contribution >= 4 is 5.91 Å². The molecule has 0 saturated carbocycles. The molecule has 184 valence electrons. The van der Waals surface area contributed by atoms with Gasteiger partial charge in [-0.1, -0.05) is 105 Å². The van der Waals surface area contributed by atoms with Gasteiger partial charge < -0.3 is 10.2 Å². The van der Waals surface area contributed by atoms with Gasteiger partial charge in [-0.2, -0.15) is 0 Å². The molecular formula is C27H55N3O. The zero-order valence-electron chi connectivity index (χ0n) is 21.6. The molecule has 2 unspecified atom stereocenters. The fourth-order valence-electron chi connectivity index (χ4n) is 5.00. The van der Waals surface area contributed by atoms with Gasteiger partial charge in [-0.05, 0) is 32.4 Å². The van der Waals surface area contributed by atoms with E-state index in [1.165, 1.54) is 96.3 Å². The number of amides is 1. The van der Waals surface area contributed by atoms with E-state index < -0.39 is 0 Å². The molecule has 0 aromatic carbocycles. The molecule has 2 heterocycles. The largest absolute Gasteiger partial charge is 0.336 e. The average molecular weight is 438 g/mol. The summed E-state index contributed by atoms with van der Waals surface area (Å²) in [5, 5.41) is 3.51. The van der Waals surface area contributed by atoms with Crippen LogP contribution in [0.4, 0.5) is 0 Å². The van der Waals surface area contributed by atoms with Crippen LogP contribution in [0.1, 0.15) is 124 Å². The molecule has 1 N–H and O–H groups in total. The Morgan fingerprint density at radius 1 is 0.806 bits per heavy atom. The van der Waals surface area contributed by atoms with Gasteiger partial charge in [-0.3, -0.25) is 9.69 Å². The lowest BCUT2D eigenvalue weighted by atomic mass is 10.1. The van der Waals surface area contributed by atoms with Crippen LogP contribution in [0.5, 0.6) is 0 Å². The molecule has 2 atom stereocenters. The van der Waals surface area contributed by atoms with Crippen LogP contribution in [0.2, 0.25) is 0 Å². The van der Waals surface area contributed by atoms with Crippen molar-refractivity contribution in [2.24, 2.45) is 0 Å². The Morgan fingerprint density at radius 2 is 1.29 bits per heavy atom. The number of nitrogens with one attached hydrogen (secondary N) is 1. The Kier molecular flexibility index (Phi) is 17.3. The molecule has 2 aliphatic rings. The second kappa shape index (κ2) is 18.9. The van der Waals surface area contributed by atoms with Crippen molar-refractivity contribution in [3.8, 4) is 0 Å². The van der Waals surface area contributed by atoms with Crippen LogP contribution in [-0.2, 0) is 4.79 Å². The first-order valence-electron chi connectivity index (χ1n) is 14.0. The van der Waals surface area contributed by atoms with Gasteiger partial charge in [0.05, 0.1) is 6.54 Å². The molecule has 2 bridgehead atoms. The highest BCUT2D eigenvalue weighted by atomic mass is 16.2. The first-order valence-corrected chi connectivity index (χ1v) is 14.0. The van der Waals surface area contributed by atoms with E-state index in [2.05, 4.69) is 29.0 Å². The zero-order valence-corrected chi connectivity index (χ0v) is 21.6. The number of hydrogen-bond donors (Lipinski definition) is 1. The summed E-state index contributed by atoms with van der Waals surface area (Å²) in [6.07, 6.45) is 20.0. The minimum Gasteiger partial charge on any atom is -0.336 e. The Bertz CT molecular complexity index is 411. The fraction of sp³-hybridized carbons (Fsp3) is 0.963. The summed E-state index contributed by atoms with van der Waals surface area (Å²) < 4.78 is 0. The third kappa shape index (κ3) is 12.3. The highest BCUT2D eigenvalue weighted by Gasteiger charge is 2.40. The van der Waals surface area contributed by atoms with E-state index in [-0.39, 0.29) is 0 Å². The third-order valence-electron chi connectivity index (χ3n) is 6.89. The quantitative estimate of drug-likeness (QED) is 0.252. The lowest BCUT2D eigenvalue weighted by Crippen LogP contribution is -2.50. The van der Waals surface area contributed by atoms with Crippen LogP contribution in [-0.4, -0.2) is 60.5 Å². The van der Waals surface area contributed by atoms with Crippen molar-refractivity contribution in [2.75, 3.05) is 32.7 Å². The van der Waals surface area contributed by atoms with E-state index in [0.29, 0.717) is 24.5 Å². The van der Waals surface area contributed by atoms with Gasteiger partial charge in [0.2, 0.25) is 5.91 Å². The summed E-state index contributed by atoms with van der Waals surface area (Å²) in [6, 6.07) is 1.02. The Morgan fingerprint density at radius 3 is 1.71 bits per heavy atom. The molecule has 2 saturated heterocycles. The van der Waals surface area contributed by atoms with Gasteiger partial charge in [-0.25, -0.2) is 0 Å². The van der Waals surface area contributed by atoms with Gasteiger partial charge in [0.15, 0.2) is 0 Å². The van der Waals surface area contributed by atoms with Gasteiger partial charge >= 0.3 is 0 Å². The maximum Gasteiger partial charge on any atom is 0.237 e. The van der Waals surface area contributed by atoms with E-state index in [0.717, 1.165) is 26.2 Å². The molecule has 0 aliphatic carbocycles. The fourth-order valence-corrected chi connectivity index (χ4v) is 5.00. The number of hydrogen-bond acceptors (Lipinski definition) is 3. The predicted octanol–water partition coefficient (Wildman–Crippen LogP) is 6.39. The minimum atomic E-state index is 0.380. The van der Waals surface area contributed by atoms with Crippen LogP contribution in [0, 0.1) is 0 Å². The van der Waals surface area contributed by atoms with E-state index in [1.54, 1.807) is 0 Å². The van der Waals surface area contributed by atoms with Crippen molar-refractivity contribution < 1.29 is 4.79 Å². The lowest BCUT2D eigenvalue weighted by molar-refractivity contribution is -0.133. The van der Waals surface area contributed by atoms with E-state index in [1.807, 2.05) is 13.8 Å². The highest BCUT2D eigenvalue weighted by molar-refractivity contribution is 5.79. The standard InChI is InChI=1S/C25H49N3O.C2H6/c1-3-5-7-9-11-13-15-17-27(18-16-14-12-10-8-6-4-2)22-25(29)28-21-23-19-24(28)20-26-23;1-2/h23-24,26H,3-22H2,1-2H3;1-2H3. The first kappa shape index (κ1) is 28.4. The number of piperazine rings is 1. The van der Waals surface area contributed by atoms with Crippen molar-refractivity contribution in [3.63, 3.8) is 0 Å². The number of rotatable bonds is 18. The number of likely N-dealkylation sites (tertiary alicyclic amines) is 1. The number of nitrogens with zero attached hydrogens (tertiary/aromatic N) is 2. The van der Waals surface area contributed by atoms with Gasteiger partial charge in [0.1, 0.15) is 0 Å². The summed E-state index contributed by atoms with van der Waals surface area (Å²) in [5.74, 6) is 0.380. The monoisotopic (exact) mass is 437 g/mol. The molecular weight excluding hydrogens is 382 g/mol. The molecule has 2 fully saturated rings. The molecule has 0 radical (unpaired) electrons. The van der Waals surface area contributed by atoms with Gasteiger partial charge in [0.25, 0.3) is 0 Å². The van der Waals surface area contributed by atoms with E-state index in [4.69, 9.17) is 0 Å². The molecule has 4 nitrogen and oxygen atoms in total. The summed E-state index contributed by atoms with van der Waals surface area (Å²) in [6.45, 7) is 13.4. The average Bonchev–Trinajstić information content (AvgIpc) is 3.43. The summed E-state index contributed by atoms with van der Waals surface area (Å²) in [4.78, 5) is 17.6. The van der Waals surface area contributed by atoms with Crippen LogP contribution in [0.3, 0.4) is 0 Å². The molecule has 31 heavy (non-hydrogen) atoms. The molecule has 0 aromatic rings. The summed E-state index contributed by atoms with van der Waals surface area (Å²) in [7, 11) is 0. The van der Waals surface area contributed by atoms with Crippen molar-refractivity contribution in [1.29, 1.82) is 0 Å². The van der Waals surface area contributed by atoms with Crippen LogP contribution >= 0.6 is 0 Å². The van der Waals surface area contributed by atoms with Crippen molar-refractivity contribution in [3.05, 3.63) is 0 Å². The first-order chi connectivity index (χ1) is 15.2. The zero-order chi connectivity index (χ0) is 22.7. The number of fused-ring (bicyclic) bond motifs is 2. The van der Waals surface area contributed by atoms with E-state index >= 15 is 0 Å². The summed E-state index contributed by atoms with van der Waals surface area (Å²) in [5.41, 5.74) is 0. The second-order valence-electron chi connectivity index (χ2n) is 9.56. The highest BCUT2D eigenvalue weighted by Crippen LogP contribution is 2.23. The van der Waals surface area contributed by atoms with E-state index in [9.17, 15) is 4.79 Å². The van der Waals surface area contributed by atoms with Gasteiger partial charge in [-0.15, -0.1) is 0 Å². The SMILES string of the molecule is CC.CCCCCCCCCN(CCCCCCCCC)CC(=O)N1CC2CC1CN2. The topological polar surface area (TPSA) is 35.6 Å². The molecule has 2 rings (SSSR count). The van der Waals surface area contributed by atoms with Crippen molar-refractivity contribution in [1.82, 2.24) is 15.1 Å². The Hall–Kier alpha value is -0.610. The van der Waals surface area contributed by atoms with Gasteiger partial charge in [0, 0.05) is 25.2 Å². The molecule has 4 heteroatoms. The summed E-state index contributed by atoms with van der Waals surface area (Å²) >= 11 is 0. The number of unbranched alkanes of at least 4 members (excludes halogenated alkanes) is 12. The maximum atomic E-state index is 12.9. The smallest absolute Gasteiger partial charge is 0.237 e. The Labute approximate surface area is 194 Å². The molecule has 0 spiro atoms. The predicted molar refractivity (Wildman–Crippen MR) is 136 cm³/mol. The van der Waals surface area contributed by atoms with Crippen molar-refractivity contribution in [2.45, 2.75) is 136 Å². The normalized spacial score (nSPS) is 19.7. The maximum absolute atomic E-state index is 12.9. The molecule has 1 amide bonds. The minimum absolute atomic E-state index is 0.380. The third-order valence-corrected chi connectivity index (χ3v) is 6.89. The van der Waals surface area contributed by atoms with Crippen LogP contribution in [0.15, 0.2) is 0 Å².